The molecule has 0 aliphatic carbocycles. The van der Waals surface area contributed by atoms with Crippen LogP contribution in [0, 0.1) is 6.92 Å². The predicted octanol–water partition coefficient (Wildman–Crippen LogP) is 2.42. The number of carbonyl (C=O) groups is 1. The standard InChI is InChI=1S/C9H12ClNO2/c1-7-3-4-8(13-7)5-6-11(2)9(10)12/h3-4H,5-6H2,1-2H3. The van der Waals surface area contributed by atoms with E-state index in [1.54, 1.807) is 7.05 Å². The molecule has 4 heteroatoms. The number of nitrogens with zero attached hydrogens (tertiary/aromatic N) is 1. The normalized spacial score (nSPS) is 10.1. The Morgan fingerprint density at radius 2 is 2.31 bits per heavy atom. The van der Waals surface area contributed by atoms with Crippen LogP contribution in [-0.4, -0.2) is 23.9 Å². The Morgan fingerprint density at radius 1 is 1.62 bits per heavy atom. The number of amides is 1. The van der Waals surface area contributed by atoms with E-state index >= 15 is 0 Å². The summed E-state index contributed by atoms with van der Waals surface area (Å²) in [6, 6.07) is 3.81. The molecule has 0 aromatic carbocycles. The lowest BCUT2D eigenvalue weighted by molar-refractivity contribution is 0.232. The van der Waals surface area contributed by atoms with Gasteiger partial charge in [-0.2, -0.15) is 0 Å². The van der Waals surface area contributed by atoms with Gasteiger partial charge in [0.15, 0.2) is 0 Å². The van der Waals surface area contributed by atoms with E-state index in [4.69, 9.17) is 16.0 Å². The average molecular weight is 202 g/mol. The van der Waals surface area contributed by atoms with Gasteiger partial charge < -0.3 is 9.32 Å². The van der Waals surface area contributed by atoms with Crippen molar-refractivity contribution in [3.05, 3.63) is 23.7 Å². The molecule has 0 unspecified atom stereocenters. The van der Waals surface area contributed by atoms with Crippen LogP contribution in [0.3, 0.4) is 0 Å². The fraction of sp³-hybridized carbons (Fsp3) is 0.444. The highest BCUT2D eigenvalue weighted by molar-refractivity contribution is 6.62. The highest BCUT2D eigenvalue weighted by Gasteiger charge is 2.05. The molecule has 1 amide bonds. The van der Waals surface area contributed by atoms with Gasteiger partial charge in [-0.25, -0.2) is 0 Å². The SMILES string of the molecule is Cc1ccc(CCN(C)C(=O)Cl)o1. The van der Waals surface area contributed by atoms with Crippen LogP contribution in [0.4, 0.5) is 4.79 Å². The Bertz CT molecular complexity index is 296. The Labute approximate surface area is 82.3 Å². The van der Waals surface area contributed by atoms with E-state index < -0.39 is 5.37 Å². The van der Waals surface area contributed by atoms with Crippen molar-refractivity contribution < 1.29 is 9.21 Å². The number of aryl methyl sites for hydroxylation is 1. The van der Waals surface area contributed by atoms with E-state index in [1.807, 2.05) is 19.1 Å². The van der Waals surface area contributed by atoms with Crippen LogP contribution in [0.1, 0.15) is 11.5 Å². The minimum Gasteiger partial charge on any atom is -0.466 e. The highest BCUT2D eigenvalue weighted by atomic mass is 35.5. The molecule has 1 aromatic rings. The van der Waals surface area contributed by atoms with Crippen LogP contribution in [-0.2, 0) is 6.42 Å². The molecule has 0 spiro atoms. The molecule has 1 aromatic heterocycles. The van der Waals surface area contributed by atoms with Gasteiger partial charge in [-0.15, -0.1) is 0 Å². The van der Waals surface area contributed by atoms with E-state index in [-0.39, 0.29) is 0 Å². The summed E-state index contributed by atoms with van der Waals surface area (Å²) in [6.07, 6.45) is 0.697. The molecule has 1 rings (SSSR count). The van der Waals surface area contributed by atoms with Crippen molar-refractivity contribution >= 4 is 17.0 Å². The van der Waals surface area contributed by atoms with Gasteiger partial charge in [0, 0.05) is 20.0 Å². The maximum Gasteiger partial charge on any atom is 0.316 e. The fourth-order valence-electron chi connectivity index (χ4n) is 0.985. The maximum absolute atomic E-state index is 10.6. The molecule has 13 heavy (non-hydrogen) atoms. The third kappa shape index (κ3) is 3.11. The van der Waals surface area contributed by atoms with Crippen molar-refractivity contribution in [2.24, 2.45) is 0 Å². The van der Waals surface area contributed by atoms with Crippen molar-refractivity contribution in [2.75, 3.05) is 13.6 Å². The van der Waals surface area contributed by atoms with Crippen molar-refractivity contribution in [1.29, 1.82) is 0 Å². The first-order chi connectivity index (χ1) is 6.09. The molecular weight excluding hydrogens is 190 g/mol. The molecule has 0 atom stereocenters. The second kappa shape index (κ2) is 4.33. The van der Waals surface area contributed by atoms with E-state index in [2.05, 4.69) is 0 Å². The second-order valence-corrected chi connectivity index (χ2v) is 3.26. The number of furan rings is 1. The molecular formula is C9H12ClNO2. The predicted molar refractivity (Wildman–Crippen MR) is 51.0 cm³/mol. The van der Waals surface area contributed by atoms with Crippen molar-refractivity contribution in [2.45, 2.75) is 13.3 Å². The fourth-order valence-corrected chi connectivity index (χ4v) is 1.07. The topological polar surface area (TPSA) is 33.5 Å². The molecule has 0 bridgehead atoms. The zero-order valence-electron chi connectivity index (χ0n) is 7.71. The first-order valence-corrected chi connectivity index (χ1v) is 4.43. The maximum atomic E-state index is 10.6. The summed E-state index contributed by atoms with van der Waals surface area (Å²) in [5.41, 5.74) is 0. The van der Waals surface area contributed by atoms with Crippen molar-refractivity contribution in [3.63, 3.8) is 0 Å². The zero-order valence-corrected chi connectivity index (χ0v) is 8.47. The number of hydrogen-bond donors (Lipinski definition) is 0. The lowest BCUT2D eigenvalue weighted by Crippen LogP contribution is -2.23. The van der Waals surface area contributed by atoms with E-state index in [1.165, 1.54) is 4.90 Å². The molecule has 0 aliphatic heterocycles. The third-order valence-electron chi connectivity index (χ3n) is 1.79. The van der Waals surface area contributed by atoms with Gasteiger partial charge in [0.1, 0.15) is 11.5 Å². The Kier molecular flexibility index (Phi) is 3.37. The summed E-state index contributed by atoms with van der Waals surface area (Å²) in [7, 11) is 1.66. The number of likely N-dealkylation sites (N-methyl/N-ethyl adjacent to an activating group) is 1. The summed E-state index contributed by atoms with van der Waals surface area (Å²) < 4.78 is 5.33. The van der Waals surface area contributed by atoms with Gasteiger partial charge in [-0.1, -0.05) is 0 Å². The molecule has 0 N–H and O–H groups in total. The van der Waals surface area contributed by atoms with Gasteiger partial charge in [-0.05, 0) is 30.7 Å². The number of rotatable bonds is 3. The molecule has 3 nitrogen and oxygen atoms in total. The lowest BCUT2D eigenvalue weighted by Gasteiger charge is -2.11. The van der Waals surface area contributed by atoms with E-state index in [0.29, 0.717) is 13.0 Å². The molecule has 0 saturated carbocycles. The minimum atomic E-state index is -0.441. The van der Waals surface area contributed by atoms with Gasteiger partial charge in [0.2, 0.25) is 0 Å². The van der Waals surface area contributed by atoms with Crippen LogP contribution in [0.5, 0.6) is 0 Å². The van der Waals surface area contributed by atoms with E-state index in [9.17, 15) is 4.79 Å². The number of hydrogen-bond acceptors (Lipinski definition) is 2. The third-order valence-corrected chi connectivity index (χ3v) is 2.08. The number of carbonyl (C=O) groups excluding carboxylic acids is 1. The van der Waals surface area contributed by atoms with Gasteiger partial charge in [0.05, 0.1) is 0 Å². The first kappa shape index (κ1) is 10.1. The molecule has 72 valence electrons. The lowest BCUT2D eigenvalue weighted by atomic mass is 10.3. The molecule has 0 radical (unpaired) electrons. The minimum absolute atomic E-state index is 0.441. The molecule has 1 heterocycles. The van der Waals surface area contributed by atoms with Crippen LogP contribution < -0.4 is 0 Å². The second-order valence-electron chi connectivity index (χ2n) is 2.94. The Balaban J connectivity index is 2.39. The van der Waals surface area contributed by atoms with Gasteiger partial charge in [-0.3, -0.25) is 4.79 Å². The monoisotopic (exact) mass is 201 g/mol. The zero-order chi connectivity index (χ0) is 9.84. The number of halogens is 1. The van der Waals surface area contributed by atoms with Crippen LogP contribution in [0.25, 0.3) is 0 Å². The average Bonchev–Trinajstić information content (AvgIpc) is 2.47. The summed E-state index contributed by atoms with van der Waals surface area (Å²) >= 11 is 5.26. The Morgan fingerprint density at radius 3 is 2.77 bits per heavy atom. The Hall–Kier alpha value is -0.960. The smallest absolute Gasteiger partial charge is 0.316 e. The van der Waals surface area contributed by atoms with Crippen LogP contribution in [0.15, 0.2) is 16.5 Å². The quantitative estimate of drug-likeness (QED) is 0.556. The van der Waals surface area contributed by atoms with Gasteiger partial charge >= 0.3 is 5.37 Å². The van der Waals surface area contributed by atoms with Crippen molar-refractivity contribution in [1.82, 2.24) is 4.90 Å². The van der Waals surface area contributed by atoms with E-state index in [0.717, 1.165) is 11.5 Å². The summed E-state index contributed by atoms with van der Waals surface area (Å²) in [4.78, 5) is 12.1. The summed E-state index contributed by atoms with van der Waals surface area (Å²) in [5.74, 6) is 1.76. The van der Waals surface area contributed by atoms with Gasteiger partial charge in [0.25, 0.3) is 0 Å². The molecule has 0 saturated heterocycles. The van der Waals surface area contributed by atoms with Crippen LogP contribution >= 0.6 is 11.6 Å². The molecule has 0 fully saturated rings. The van der Waals surface area contributed by atoms with Crippen molar-refractivity contribution in [3.8, 4) is 0 Å². The first-order valence-electron chi connectivity index (χ1n) is 4.05. The highest BCUT2D eigenvalue weighted by Crippen LogP contribution is 2.07. The summed E-state index contributed by atoms with van der Waals surface area (Å²) in [5, 5.41) is -0.441. The largest absolute Gasteiger partial charge is 0.466 e. The van der Waals surface area contributed by atoms with Crippen LogP contribution in [0.2, 0.25) is 0 Å². The molecule has 0 aliphatic rings. The summed E-state index contributed by atoms with van der Waals surface area (Å²) in [6.45, 7) is 2.47.